The summed E-state index contributed by atoms with van der Waals surface area (Å²) in [4.78, 5) is 11.0. The van der Waals surface area contributed by atoms with Crippen molar-refractivity contribution in [1.29, 1.82) is 0 Å². The van der Waals surface area contributed by atoms with Gasteiger partial charge in [0.2, 0.25) is 0 Å². The second-order valence-electron chi connectivity index (χ2n) is 3.69. The van der Waals surface area contributed by atoms with Crippen LogP contribution < -0.4 is 4.90 Å². The molecule has 1 aromatic carbocycles. The summed E-state index contributed by atoms with van der Waals surface area (Å²) in [6.07, 6.45) is -4.41. The van der Waals surface area contributed by atoms with E-state index in [1.54, 1.807) is 6.07 Å². The predicted octanol–water partition coefficient (Wildman–Crippen LogP) is 3.49. The highest BCUT2D eigenvalue weighted by molar-refractivity contribution is 9.08. The van der Waals surface area contributed by atoms with E-state index in [0.29, 0.717) is 10.9 Å². The number of nitrogens with zero attached hydrogens (tertiary/aromatic N) is 2. The molecule has 100 valence electrons. The molecule has 0 aliphatic carbocycles. The van der Waals surface area contributed by atoms with Crippen molar-refractivity contribution in [3.63, 3.8) is 0 Å². The molecule has 0 unspecified atom stereocenters. The maximum atomic E-state index is 12.3. The van der Waals surface area contributed by atoms with Crippen LogP contribution in [-0.4, -0.2) is 24.7 Å². The fourth-order valence-corrected chi connectivity index (χ4v) is 1.82. The van der Waals surface area contributed by atoms with Gasteiger partial charge in [-0.15, -0.1) is 0 Å². The fourth-order valence-electron chi connectivity index (χ4n) is 1.48. The van der Waals surface area contributed by atoms with Crippen molar-refractivity contribution < 1.29 is 18.1 Å². The molecule has 0 radical (unpaired) electrons. The summed E-state index contributed by atoms with van der Waals surface area (Å²) in [6, 6.07) is 4.13. The molecular weight excluding hydrogens is 317 g/mol. The highest BCUT2D eigenvalue weighted by Gasteiger charge is 2.31. The Morgan fingerprint density at radius 3 is 2.50 bits per heavy atom. The molecule has 0 aromatic heterocycles. The monoisotopic (exact) mass is 326 g/mol. The number of halogens is 4. The van der Waals surface area contributed by atoms with Crippen LogP contribution in [0.5, 0.6) is 0 Å². The lowest BCUT2D eigenvalue weighted by Crippen LogP contribution is -2.31. The van der Waals surface area contributed by atoms with Crippen LogP contribution in [0.4, 0.5) is 24.5 Å². The van der Waals surface area contributed by atoms with Gasteiger partial charge in [0.1, 0.15) is 12.2 Å². The number of benzene rings is 1. The van der Waals surface area contributed by atoms with E-state index in [2.05, 4.69) is 15.9 Å². The highest BCUT2D eigenvalue weighted by Crippen LogP contribution is 2.31. The van der Waals surface area contributed by atoms with Crippen LogP contribution in [0, 0.1) is 10.1 Å². The van der Waals surface area contributed by atoms with Crippen LogP contribution in [0.3, 0.4) is 0 Å². The van der Waals surface area contributed by atoms with Crippen LogP contribution in [-0.2, 0) is 5.33 Å². The van der Waals surface area contributed by atoms with Crippen molar-refractivity contribution >= 4 is 27.3 Å². The molecule has 8 heteroatoms. The van der Waals surface area contributed by atoms with Crippen molar-refractivity contribution in [3.8, 4) is 0 Å². The van der Waals surface area contributed by atoms with Crippen LogP contribution >= 0.6 is 15.9 Å². The maximum Gasteiger partial charge on any atom is 0.405 e. The van der Waals surface area contributed by atoms with E-state index in [1.807, 2.05) is 0 Å². The minimum Gasteiger partial charge on any atom is -0.360 e. The molecule has 0 heterocycles. The molecule has 0 aliphatic rings. The fraction of sp³-hybridized carbons (Fsp3) is 0.400. The Kier molecular flexibility index (Phi) is 4.55. The lowest BCUT2D eigenvalue weighted by molar-refractivity contribution is -0.384. The van der Waals surface area contributed by atoms with Crippen LogP contribution in [0.15, 0.2) is 18.2 Å². The summed E-state index contributed by atoms with van der Waals surface area (Å²) in [5.41, 5.74) is 0.242. The summed E-state index contributed by atoms with van der Waals surface area (Å²) in [7, 11) is 1.17. The first-order valence-corrected chi connectivity index (χ1v) is 5.98. The minimum absolute atomic E-state index is 0.0537. The van der Waals surface area contributed by atoms with Crippen molar-refractivity contribution in [2.45, 2.75) is 11.5 Å². The summed E-state index contributed by atoms with van der Waals surface area (Å²) < 4.78 is 36.8. The van der Waals surface area contributed by atoms with Crippen LogP contribution in [0.25, 0.3) is 0 Å². The molecule has 1 aromatic rings. The Morgan fingerprint density at radius 1 is 1.44 bits per heavy atom. The molecule has 0 aliphatic heterocycles. The van der Waals surface area contributed by atoms with Gasteiger partial charge in [-0.3, -0.25) is 10.1 Å². The minimum atomic E-state index is -4.41. The number of hydrogen-bond donors (Lipinski definition) is 0. The molecule has 1 rings (SSSR count). The van der Waals surface area contributed by atoms with Gasteiger partial charge in [-0.25, -0.2) is 0 Å². The average molecular weight is 327 g/mol. The van der Waals surface area contributed by atoms with E-state index in [1.165, 1.54) is 19.2 Å². The van der Waals surface area contributed by atoms with Gasteiger partial charge < -0.3 is 4.90 Å². The number of nitro groups is 1. The topological polar surface area (TPSA) is 46.4 Å². The second-order valence-corrected chi connectivity index (χ2v) is 4.25. The molecule has 18 heavy (non-hydrogen) atoms. The standard InChI is InChI=1S/C10H10BrF3N2O2/c1-15(6-10(12,13)14)8-3-2-7(5-11)4-9(8)16(17)18/h2-4H,5-6H2,1H3. The first-order chi connectivity index (χ1) is 8.24. The van der Waals surface area contributed by atoms with Gasteiger partial charge in [0.15, 0.2) is 0 Å². The number of anilines is 1. The third-order valence-corrected chi connectivity index (χ3v) is 2.87. The molecule has 4 nitrogen and oxygen atoms in total. The number of rotatable bonds is 4. The second kappa shape index (κ2) is 5.55. The molecular formula is C10H10BrF3N2O2. The molecule has 0 fully saturated rings. The lowest BCUT2D eigenvalue weighted by atomic mass is 10.2. The predicted molar refractivity (Wildman–Crippen MR) is 65.1 cm³/mol. The smallest absolute Gasteiger partial charge is 0.360 e. The molecule has 0 amide bonds. The first-order valence-electron chi connectivity index (χ1n) is 4.86. The summed E-state index contributed by atoms with van der Waals surface area (Å²) in [5.74, 6) is 0. The van der Waals surface area contributed by atoms with Gasteiger partial charge in [0, 0.05) is 18.4 Å². The van der Waals surface area contributed by atoms with Gasteiger partial charge in [-0.1, -0.05) is 22.0 Å². The summed E-state index contributed by atoms with van der Waals surface area (Å²) >= 11 is 3.13. The summed E-state index contributed by atoms with van der Waals surface area (Å²) in [5, 5.41) is 11.2. The number of nitro benzene ring substituents is 1. The van der Waals surface area contributed by atoms with Gasteiger partial charge in [0.05, 0.1) is 4.92 Å². The molecule has 0 N–H and O–H groups in total. The van der Waals surface area contributed by atoms with Crippen molar-refractivity contribution in [2.75, 3.05) is 18.5 Å². The summed E-state index contributed by atoms with van der Waals surface area (Å²) in [6.45, 7) is -1.23. The Hall–Kier alpha value is -1.31. The van der Waals surface area contributed by atoms with Gasteiger partial charge in [-0.2, -0.15) is 13.2 Å². The average Bonchev–Trinajstić information content (AvgIpc) is 2.25. The zero-order valence-electron chi connectivity index (χ0n) is 9.37. The van der Waals surface area contributed by atoms with E-state index in [-0.39, 0.29) is 11.4 Å². The van der Waals surface area contributed by atoms with Crippen LogP contribution in [0.2, 0.25) is 0 Å². The van der Waals surface area contributed by atoms with Crippen molar-refractivity contribution in [3.05, 3.63) is 33.9 Å². The van der Waals surface area contributed by atoms with Crippen molar-refractivity contribution in [1.82, 2.24) is 0 Å². The number of alkyl halides is 4. The van der Waals surface area contributed by atoms with E-state index < -0.39 is 17.6 Å². The third kappa shape index (κ3) is 3.86. The Balaban J connectivity index is 3.11. The molecule has 0 saturated heterocycles. The van der Waals surface area contributed by atoms with E-state index in [0.717, 1.165) is 4.90 Å². The van der Waals surface area contributed by atoms with Crippen LogP contribution in [0.1, 0.15) is 5.56 Å². The zero-order valence-corrected chi connectivity index (χ0v) is 11.0. The molecule has 0 spiro atoms. The van der Waals surface area contributed by atoms with Gasteiger partial charge in [0.25, 0.3) is 5.69 Å². The van der Waals surface area contributed by atoms with E-state index >= 15 is 0 Å². The SMILES string of the molecule is CN(CC(F)(F)F)c1ccc(CBr)cc1[N+](=O)[O-]. The van der Waals surface area contributed by atoms with E-state index in [4.69, 9.17) is 0 Å². The Morgan fingerprint density at radius 2 is 2.06 bits per heavy atom. The Bertz CT molecular complexity index is 451. The Labute approximate surface area is 110 Å². The molecule has 0 atom stereocenters. The van der Waals surface area contributed by atoms with Crippen molar-refractivity contribution in [2.24, 2.45) is 0 Å². The highest BCUT2D eigenvalue weighted by atomic mass is 79.9. The first kappa shape index (κ1) is 14.7. The van der Waals surface area contributed by atoms with E-state index in [9.17, 15) is 23.3 Å². The molecule has 0 saturated carbocycles. The lowest BCUT2D eigenvalue weighted by Gasteiger charge is -2.20. The molecule has 0 bridgehead atoms. The third-order valence-electron chi connectivity index (χ3n) is 2.22. The maximum absolute atomic E-state index is 12.3. The largest absolute Gasteiger partial charge is 0.405 e. The van der Waals surface area contributed by atoms with Gasteiger partial charge >= 0.3 is 6.18 Å². The van der Waals surface area contributed by atoms with Gasteiger partial charge in [-0.05, 0) is 11.6 Å². The number of hydrogen-bond acceptors (Lipinski definition) is 3. The quantitative estimate of drug-likeness (QED) is 0.483. The zero-order chi connectivity index (χ0) is 13.9. The normalized spacial score (nSPS) is 11.4.